The van der Waals surface area contributed by atoms with Gasteiger partial charge in [-0.15, -0.1) is 0 Å². The zero-order valence-corrected chi connectivity index (χ0v) is 56.4. The quantitative estimate of drug-likeness (QED) is 0.0109. The first-order chi connectivity index (χ1) is 38.2. The van der Waals surface area contributed by atoms with Gasteiger partial charge in [0.25, 0.3) is 0 Å². The lowest BCUT2D eigenvalue weighted by Crippen LogP contribution is -2.50. The third kappa shape index (κ3) is 49.8. The highest BCUT2D eigenvalue weighted by Gasteiger charge is 2.42. The Morgan fingerprint density at radius 3 is 1.25 bits per heavy atom. The van der Waals surface area contributed by atoms with E-state index in [1.165, 1.54) is 40.0 Å². The second kappa shape index (κ2) is 51.1. The molecule has 1 unspecified atom stereocenters. The number of methoxy groups -OCH3 is 3. The highest BCUT2D eigenvalue weighted by molar-refractivity contribution is 8.01. The third-order valence-corrected chi connectivity index (χ3v) is 20.5. The Morgan fingerprint density at radius 2 is 0.914 bits per heavy atom. The van der Waals surface area contributed by atoms with Crippen molar-refractivity contribution in [1.82, 2.24) is 0 Å². The molecule has 0 saturated carbocycles. The maximum atomic E-state index is 11.3. The lowest BCUT2D eigenvalue weighted by atomic mass is 9.91. The molecule has 0 aliphatic carbocycles. The van der Waals surface area contributed by atoms with E-state index in [4.69, 9.17) is 29.7 Å². The third-order valence-electron chi connectivity index (χ3n) is 11.7. The minimum Gasteiger partial charge on any atom is -0.469 e. The Balaban J connectivity index is -0.00000106. The molecule has 1 aliphatic rings. The number of hydrogen-bond donors (Lipinski definition) is 2. The molecule has 0 radical (unpaired) electrons. The number of ether oxygens (including phenoxy) is 5. The highest BCUT2D eigenvalue weighted by Crippen LogP contribution is 2.38. The second-order valence-electron chi connectivity index (χ2n) is 20.8. The Hall–Kier alpha value is -2.17. The first kappa shape index (κ1) is 83.0. The van der Waals surface area contributed by atoms with Crippen molar-refractivity contribution in [2.75, 3.05) is 136 Å². The van der Waals surface area contributed by atoms with Crippen LogP contribution in [0.15, 0.2) is 10.2 Å². The molecule has 1 aliphatic heterocycles. The summed E-state index contributed by atoms with van der Waals surface area (Å²) in [5.74, 6) is 8.64. The molecule has 28 heteroatoms. The average molecular weight is 1280 g/mol. The van der Waals surface area contributed by atoms with Crippen molar-refractivity contribution < 1.29 is 71.9 Å². The largest absolute Gasteiger partial charge is 0.469 e. The van der Waals surface area contributed by atoms with Crippen LogP contribution in [0, 0.1) is 16.2 Å². The van der Waals surface area contributed by atoms with Crippen LogP contribution >= 0.6 is 70.6 Å². The van der Waals surface area contributed by atoms with Crippen molar-refractivity contribution in [3.05, 3.63) is 20.9 Å². The van der Waals surface area contributed by atoms with E-state index in [1.54, 1.807) is 67.8 Å². The summed E-state index contributed by atoms with van der Waals surface area (Å²) in [4.78, 5) is 82.2. The van der Waals surface area contributed by atoms with Crippen LogP contribution in [0.2, 0.25) is 19.6 Å². The van der Waals surface area contributed by atoms with Gasteiger partial charge in [-0.25, -0.2) is 0 Å². The summed E-state index contributed by atoms with van der Waals surface area (Å²) in [5, 5.41) is 25.8. The van der Waals surface area contributed by atoms with E-state index in [2.05, 4.69) is 56.1 Å². The SMILES string of the molecule is CC(=O)CCCN=[N+]=[N-].CCC(CO[Si](C)(C)C)(CSCCC(C)=O)CSCCC(=O)OC.COC(=O)CCSCC(CO)(CO)CSCCC(C)=O.COC(=O)CCSCC1(CSCCC(C)=O)COC(C)(CCCN=[N+]=[N-])OC1. The van der Waals surface area contributed by atoms with Gasteiger partial charge in [-0.2, -0.15) is 70.6 Å². The van der Waals surface area contributed by atoms with Crippen LogP contribution in [-0.4, -0.2) is 202 Å². The fourth-order valence-corrected chi connectivity index (χ4v) is 14.9. The van der Waals surface area contributed by atoms with Gasteiger partial charge in [0, 0.05) is 147 Å². The molecular formula is C53H98N6O15S6Si. The average Bonchev–Trinajstić information content (AvgIpc) is 3.43. The Kier molecular flexibility index (Phi) is 52.4. The predicted octanol–water partition coefficient (Wildman–Crippen LogP) is 10.7. The van der Waals surface area contributed by atoms with Crippen molar-refractivity contribution >= 4 is 120 Å². The van der Waals surface area contributed by atoms with Gasteiger partial charge in [0.1, 0.15) is 23.1 Å². The number of aliphatic hydroxyl groups is 2. The Labute approximate surface area is 510 Å². The van der Waals surface area contributed by atoms with E-state index in [0.717, 1.165) is 53.3 Å². The number of esters is 3. The molecule has 0 aromatic rings. The first-order valence-corrected chi connectivity index (χ1v) is 37.4. The molecular weight excluding hydrogens is 1180 g/mol. The molecule has 470 valence electrons. The summed E-state index contributed by atoms with van der Waals surface area (Å²) in [5.41, 5.74) is 15.5. The fourth-order valence-electron chi connectivity index (χ4n) is 6.23. The minimum atomic E-state index is -1.57. The minimum absolute atomic E-state index is 0.0997. The van der Waals surface area contributed by atoms with E-state index in [9.17, 15) is 43.8 Å². The summed E-state index contributed by atoms with van der Waals surface area (Å²) in [6, 6.07) is 0. The molecule has 0 spiro atoms. The van der Waals surface area contributed by atoms with Crippen molar-refractivity contribution in [3.8, 4) is 0 Å². The number of rotatable bonds is 44. The standard InChI is InChI=1S/C18H31N3O5S2.C17H34O4S2Si.C13H24O5S2.C5H9N3O/c1-15(22)5-9-27-13-18(14-28-10-6-16(23)24-3)11-25-17(2,26-12-18)7-4-8-20-21-19;1-7-17(12-21-24(4,5)6,13-22-10-8-15(2)18)14-23-11-9-16(19)20-3;1-11(16)3-5-19-9-13(7-14,8-15)10-20-6-4-12(17)18-2;1-5(9)3-2-4-7-8-6/h4-14H2,1-3H3;7-14H2,1-6H3;14-15H,3-10H2,1-2H3;2-4H2,1H3. The van der Waals surface area contributed by atoms with Crippen molar-refractivity contribution in [2.45, 2.75) is 138 Å². The second-order valence-corrected chi connectivity index (χ2v) is 31.9. The van der Waals surface area contributed by atoms with Crippen molar-refractivity contribution in [3.63, 3.8) is 0 Å². The van der Waals surface area contributed by atoms with Gasteiger partial charge >= 0.3 is 17.9 Å². The van der Waals surface area contributed by atoms with Gasteiger partial charge in [0.05, 0.1) is 67.0 Å². The topological polar surface area (TPSA) is 313 Å². The van der Waals surface area contributed by atoms with Gasteiger partial charge in [-0.05, 0) is 84.6 Å². The molecule has 0 bridgehead atoms. The van der Waals surface area contributed by atoms with Crippen molar-refractivity contribution in [2.24, 2.45) is 26.5 Å². The first-order valence-electron chi connectivity index (χ1n) is 27.1. The van der Waals surface area contributed by atoms with E-state index >= 15 is 0 Å². The molecule has 1 fully saturated rings. The summed E-state index contributed by atoms with van der Waals surface area (Å²) in [7, 11) is 2.61. The normalized spacial score (nSPS) is 16.4. The lowest BCUT2D eigenvalue weighted by Gasteiger charge is -2.45. The number of nitrogens with zero attached hydrogens (tertiary/aromatic N) is 6. The van der Waals surface area contributed by atoms with Crippen LogP contribution in [0.5, 0.6) is 0 Å². The van der Waals surface area contributed by atoms with Crippen LogP contribution in [0.4, 0.5) is 0 Å². The number of Topliss-reactive ketones (excluding diaryl/α,β-unsaturated/α-hetero) is 4. The highest BCUT2D eigenvalue weighted by atomic mass is 32.2. The lowest BCUT2D eigenvalue weighted by molar-refractivity contribution is -0.290. The number of carbonyl (C=O) groups is 7. The van der Waals surface area contributed by atoms with Gasteiger partial charge < -0.3 is 43.1 Å². The fraction of sp³-hybridized carbons (Fsp3) is 0.868. The predicted molar refractivity (Wildman–Crippen MR) is 338 cm³/mol. The van der Waals surface area contributed by atoms with Crippen LogP contribution in [-0.2, 0) is 61.7 Å². The van der Waals surface area contributed by atoms with Crippen LogP contribution < -0.4 is 0 Å². The molecule has 1 rings (SSSR count). The van der Waals surface area contributed by atoms with E-state index in [-0.39, 0.29) is 65.1 Å². The smallest absolute Gasteiger partial charge is 0.306 e. The summed E-state index contributed by atoms with van der Waals surface area (Å²) in [6.45, 7) is 19.6. The molecule has 81 heavy (non-hydrogen) atoms. The maximum Gasteiger partial charge on any atom is 0.306 e. The Morgan fingerprint density at radius 1 is 0.568 bits per heavy atom. The molecule has 1 heterocycles. The van der Waals surface area contributed by atoms with Crippen molar-refractivity contribution in [1.29, 1.82) is 0 Å². The number of thioether (sulfide) groups is 6. The number of hydrogen-bond acceptors (Lipinski definition) is 23. The molecule has 1 saturated heterocycles. The van der Waals surface area contributed by atoms with Crippen LogP contribution in [0.1, 0.15) is 112 Å². The number of ketones is 4. The van der Waals surface area contributed by atoms with Gasteiger partial charge in [0.15, 0.2) is 14.1 Å². The van der Waals surface area contributed by atoms with Crippen LogP contribution in [0.3, 0.4) is 0 Å². The number of aliphatic hydroxyl groups excluding tert-OH is 2. The van der Waals surface area contributed by atoms with E-state index < -0.39 is 19.5 Å². The summed E-state index contributed by atoms with van der Waals surface area (Å²) >= 11 is 10.2. The zero-order valence-electron chi connectivity index (χ0n) is 50.5. The summed E-state index contributed by atoms with van der Waals surface area (Å²) < 4.78 is 32.3. The van der Waals surface area contributed by atoms with Gasteiger partial charge in [0.2, 0.25) is 0 Å². The molecule has 2 N–H and O–H groups in total. The zero-order chi connectivity index (χ0) is 62.1. The van der Waals surface area contributed by atoms with E-state index in [0.29, 0.717) is 119 Å². The molecule has 0 aromatic carbocycles. The molecule has 1 atom stereocenters. The van der Waals surface area contributed by atoms with Gasteiger partial charge in [-0.3, -0.25) is 28.8 Å². The van der Waals surface area contributed by atoms with Crippen LogP contribution in [0.25, 0.3) is 20.9 Å². The molecule has 21 nitrogen and oxygen atoms in total. The molecule has 0 amide bonds. The molecule has 0 aromatic heterocycles. The monoisotopic (exact) mass is 1280 g/mol. The number of azide groups is 2. The number of carbonyl (C=O) groups excluding carboxylic acids is 7. The summed E-state index contributed by atoms with van der Waals surface area (Å²) in [6.07, 6.45) is 6.45. The maximum absolute atomic E-state index is 11.3. The Bertz CT molecular complexity index is 1870. The van der Waals surface area contributed by atoms with E-state index in [1.807, 2.05) is 18.7 Å². The van der Waals surface area contributed by atoms with Gasteiger partial charge in [-0.1, -0.05) is 17.2 Å².